The molecule has 0 aliphatic carbocycles. The van der Waals surface area contributed by atoms with Crippen molar-refractivity contribution in [1.82, 2.24) is 0 Å². The topological polar surface area (TPSA) is 79.6 Å². The summed E-state index contributed by atoms with van der Waals surface area (Å²) in [5.74, 6) is -1.07. The number of methoxy groups -OCH3 is 1. The SMILES string of the molecule is COc1cc(C(=O)O)ccc1Oc1ccc(F)cc1C#N. The first-order valence-electron chi connectivity index (χ1n) is 5.84. The molecule has 0 fully saturated rings. The number of halogens is 1. The molecule has 2 aromatic rings. The number of ether oxygens (including phenoxy) is 2. The molecule has 0 amide bonds. The van der Waals surface area contributed by atoms with Crippen LogP contribution < -0.4 is 9.47 Å². The van der Waals surface area contributed by atoms with Crippen LogP contribution in [0.4, 0.5) is 4.39 Å². The van der Waals surface area contributed by atoms with Crippen molar-refractivity contribution in [1.29, 1.82) is 5.26 Å². The van der Waals surface area contributed by atoms with Gasteiger partial charge in [0.05, 0.1) is 18.2 Å². The highest BCUT2D eigenvalue weighted by Gasteiger charge is 2.13. The number of hydrogen-bond acceptors (Lipinski definition) is 4. The predicted octanol–water partition coefficient (Wildman–Crippen LogP) is 3.20. The smallest absolute Gasteiger partial charge is 0.335 e. The lowest BCUT2D eigenvalue weighted by Gasteiger charge is -2.11. The fraction of sp³-hybridized carbons (Fsp3) is 0.0667. The van der Waals surface area contributed by atoms with E-state index in [1.54, 1.807) is 0 Å². The Hall–Kier alpha value is -3.07. The van der Waals surface area contributed by atoms with Gasteiger partial charge in [-0.3, -0.25) is 0 Å². The molecule has 0 spiro atoms. The Morgan fingerprint density at radius 2 is 1.90 bits per heavy atom. The highest BCUT2D eigenvalue weighted by molar-refractivity contribution is 5.88. The second-order valence-corrected chi connectivity index (χ2v) is 4.03. The highest BCUT2D eigenvalue weighted by atomic mass is 19.1. The van der Waals surface area contributed by atoms with Crippen molar-refractivity contribution < 1.29 is 23.8 Å². The van der Waals surface area contributed by atoms with Crippen LogP contribution >= 0.6 is 0 Å². The Kier molecular flexibility index (Phi) is 4.05. The summed E-state index contributed by atoms with van der Waals surface area (Å²) in [6.07, 6.45) is 0. The van der Waals surface area contributed by atoms with Gasteiger partial charge in [0, 0.05) is 0 Å². The van der Waals surface area contributed by atoms with Gasteiger partial charge in [0.15, 0.2) is 11.5 Å². The Labute approximate surface area is 119 Å². The molecule has 0 radical (unpaired) electrons. The second-order valence-electron chi connectivity index (χ2n) is 4.03. The van der Waals surface area contributed by atoms with Gasteiger partial charge in [-0.15, -0.1) is 0 Å². The lowest BCUT2D eigenvalue weighted by molar-refractivity contribution is 0.0696. The average Bonchev–Trinajstić information content (AvgIpc) is 2.49. The molecule has 0 aliphatic heterocycles. The van der Waals surface area contributed by atoms with Gasteiger partial charge in [-0.2, -0.15) is 5.26 Å². The van der Waals surface area contributed by atoms with Crippen LogP contribution in [0.1, 0.15) is 15.9 Å². The van der Waals surface area contributed by atoms with Crippen molar-refractivity contribution in [3.8, 4) is 23.3 Å². The predicted molar refractivity (Wildman–Crippen MR) is 71.1 cm³/mol. The van der Waals surface area contributed by atoms with Gasteiger partial charge >= 0.3 is 5.97 Å². The van der Waals surface area contributed by atoms with Gasteiger partial charge in [0.1, 0.15) is 17.6 Å². The van der Waals surface area contributed by atoms with Crippen molar-refractivity contribution in [2.24, 2.45) is 0 Å². The summed E-state index contributed by atoms with van der Waals surface area (Å²) in [5, 5.41) is 17.9. The van der Waals surface area contributed by atoms with Crippen LogP contribution in [-0.2, 0) is 0 Å². The number of carboxylic acids is 1. The van der Waals surface area contributed by atoms with E-state index in [1.165, 1.54) is 31.4 Å². The molecule has 0 bridgehead atoms. The number of nitriles is 1. The fourth-order valence-electron chi connectivity index (χ4n) is 1.68. The highest BCUT2D eigenvalue weighted by Crippen LogP contribution is 2.33. The molecule has 1 N–H and O–H groups in total. The van der Waals surface area contributed by atoms with E-state index < -0.39 is 11.8 Å². The number of rotatable bonds is 4. The first kappa shape index (κ1) is 14.3. The van der Waals surface area contributed by atoms with Gasteiger partial charge in [-0.1, -0.05) is 0 Å². The van der Waals surface area contributed by atoms with Crippen molar-refractivity contribution in [2.75, 3.05) is 7.11 Å². The molecular weight excluding hydrogens is 277 g/mol. The quantitative estimate of drug-likeness (QED) is 0.934. The van der Waals surface area contributed by atoms with Crippen LogP contribution in [-0.4, -0.2) is 18.2 Å². The molecule has 6 heteroatoms. The molecule has 0 heterocycles. The second kappa shape index (κ2) is 5.92. The van der Waals surface area contributed by atoms with Gasteiger partial charge in [-0.25, -0.2) is 9.18 Å². The summed E-state index contributed by atoms with van der Waals surface area (Å²) < 4.78 is 23.6. The summed E-state index contributed by atoms with van der Waals surface area (Å²) in [7, 11) is 1.36. The third-order valence-corrected chi connectivity index (χ3v) is 2.69. The van der Waals surface area contributed by atoms with Crippen molar-refractivity contribution in [2.45, 2.75) is 0 Å². The Morgan fingerprint density at radius 3 is 2.52 bits per heavy atom. The zero-order valence-electron chi connectivity index (χ0n) is 11.0. The third-order valence-electron chi connectivity index (χ3n) is 2.69. The lowest BCUT2D eigenvalue weighted by Crippen LogP contribution is -1.99. The first-order chi connectivity index (χ1) is 10.0. The maximum absolute atomic E-state index is 13.1. The molecule has 5 nitrogen and oxygen atoms in total. The van der Waals surface area contributed by atoms with Crippen molar-refractivity contribution in [3.63, 3.8) is 0 Å². The van der Waals surface area contributed by atoms with Crippen LogP contribution in [0.15, 0.2) is 36.4 Å². The zero-order chi connectivity index (χ0) is 15.4. The largest absolute Gasteiger partial charge is 0.493 e. The van der Waals surface area contributed by atoms with Gasteiger partial charge in [0.25, 0.3) is 0 Å². The van der Waals surface area contributed by atoms with E-state index in [-0.39, 0.29) is 28.4 Å². The van der Waals surface area contributed by atoms with Gasteiger partial charge in [-0.05, 0) is 36.4 Å². The number of nitrogens with zero attached hydrogens (tertiary/aromatic N) is 1. The summed E-state index contributed by atoms with van der Waals surface area (Å²) in [5.41, 5.74) is 0.0678. The molecule has 0 saturated carbocycles. The Bertz CT molecular complexity index is 737. The maximum Gasteiger partial charge on any atom is 0.335 e. The van der Waals surface area contributed by atoms with Crippen LogP contribution in [0.25, 0.3) is 0 Å². The van der Waals surface area contributed by atoms with Crippen molar-refractivity contribution >= 4 is 5.97 Å². The number of carbonyl (C=O) groups is 1. The zero-order valence-corrected chi connectivity index (χ0v) is 11.0. The van der Waals surface area contributed by atoms with Crippen LogP contribution in [0.3, 0.4) is 0 Å². The molecule has 106 valence electrons. The van der Waals surface area contributed by atoms with Crippen molar-refractivity contribution in [3.05, 3.63) is 53.3 Å². The molecule has 2 rings (SSSR count). The normalized spacial score (nSPS) is 9.76. The maximum atomic E-state index is 13.1. The minimum absolute atomic E-state index is 0.0272. The summed E-state index contributed by atoms with van der Waals surface area (Å²) in [4.78, 5) is 10.9. The molecule has 0 unspecified atom stereocenters. The first-order valence-corrected chi connectivity index (χ1v) is 5.84. The Balaban J connectivity index is 2.40. The Morgan fingerprint density at radius 1 is 1.19 bits per heavy atom. The summed E-state index contributed by atoms with van der Waals surface area (Å²) >= 11 is 0. The van der Waals surface area contributed by atoms with Gasteiger partial charge < -0.3 is 14.6 Å². The average molecular weight is 287 g/mol. The minimum atomic E-state index is -1.10. The van der Waals surface area contributed by atoms with E-state index in [0.717, 1.165) is 12.1 Å². The number of carboxylic acid groups (broad SMARTS) is 1. The molecule has 0 aliphatic rings. The lowest BCUT2D eigenvalue weighted by atomic mass is 10.2. The molecule has 0 atom stereocenters. The molecule has 21 heavy (non-hydrogen) atoms. The van der Waals surface area contributed by atoms with Crippen LogP contribution in [0, 0.1) is 17.1 Å². The van der Waals surface area contributed by atoms with Crippen LogP contribution in [0.2, 0.25) is 0 Å². The molecule has 0 saturated heterocycles. The monoisotopic (exact) mass is 287 g/mol. The molecule has 2 aromatic carbocycles. The van der Waals surface area contributed by atoms with E-state index in [9.17, 15) is 9.18 Å². The van der Waals surface area contributed by atoms with Crippen LogP contribution in [0.5, 0.6) is 17.2 Å². The summed E-state index contributed by atoms with van der Waals surface area (Å²) in [6.45, 7) is 0. The number of benzene rings is 2. The van der Waals surface area contributed by atoms with E-state index in [4.69, 9.17) is 19.8 Å². The summed E-state index contributed by atoms with van der Waals surface area (Å²) in [6, 6.07) is 9.40. The number of hydrogen-bond donors (Lipinski definition) is 1. The third kappa shape index (κ3) is 3.09. The van der Waals surface area contributed by atoms with Gasteiger partial charge in [0.2, 0.25) is 0 Å². The molecule has 0 aromatic heterocycles. The standard InChI is InChI=1S/C15H10FNO4/c1-20-14-7-9(15(18)19)2-4-13(14)21-12-5-3-11(16)6-10(12)8-17/h2-7H,1H3,(H,18,19). The van der Waals surface area contributed by atoms with E-state index in [1.807, 2.05) is 6.07 Å². The molecular formula is C15H10FNO4. The van der Waals surface area contributed by atoms with E-state index in [2.05, 4.69) is 0 Å². The van der Waals surface area contributed by atoms with E-state index in [0.29, 0.717) is 0 Å². The fourth-order valence-corrected chi connectivity index (χ4v) is 1.68. The minimum Gasteiger partial charge on any atom is -0.493 e. The van der Waals surface area contributed by atoms with E-state index >= 15 is 0 Å². The number of aromatic carboxylic acids is 1.